The van der Waals surface area contributed by atoms with Gasteiger partial charge in [-0.05, 0) is 42.6 Å². The lowest BCUT2D eigenvalue weighted by Crippen LogP contribution is -2.49. The van der Waals surface area contributed by atoms with Crippen molar-refractivity contribution in [3.8, 4) is 16.3 Å². The van der Waals surface area contributed by atoms with E-state index in [1.54, 1.807) is 34.4 Å². The van der Waals surface area contributed by atoms with Crippen LogP contribution in [0.5, 0.6) is 5.75 Å². The van der Waals surface area contributed by atoms with Crippen molar-refractivity contribution in [3.63, 3.8) is 0 Å². The number of aromatic nitrogens is 2. The topological polar surface area (TPSA) is 88.8 Å². The standard InChI is InChI=1S/C24H22N4O4S/c1-2-31-19-6-3-5-16-15-17(24(30)32-22(16)19)23(29)28-12-10-27(11-13-28)21-9-8-18(25-26-21)20-7-4-14-33-20/h3-9,14-15H,2,10-13H2,1H3. The molecule has 168 valence electrons. The van der Waals surface area contributed by atoms with Crippen molar-refractivity contribution in [3.05, 3.63) is 69.9 Å². The van der Waals surface area contributed by atoms with E-state index in [0.29, 0.717) is 49.5 Å². The molecule has 3 aromatic heterocycles. The van der Waals surface area contributed by atoms with Crippen molar-refractivity contribution >= 4 is 34.0 Å². The van der Waals surface area contributed by atoms with Gasteiger partial charge in [0.15, 0.2) is 17.2 Å². The first-order valence-corrected chi connectivity index (χ1v) is 11.6. The number of amides is 1. The van der Waals surface area contributed by atoms with Crippen molar-refractivity contribution in [1.82, 2.24) is 15.1 Å². The van der Waals surface area contributed by atoms with E-state index in [1.807, 2.05) is 42.6 Å². The third-order valence-corrected chi connectivity index (χ3v) is 6.46. The van der Waals surface area contributed by atoms with E-state index in [1.165, 1.54) is 0 Å². The van der Waals surface area contributed by atoms with Crippen LogP contribution in [0.2, 0.25) is 0 Å². The number of hydrogen-bond donors (Lipinski definition) is 0. The van der Waals surface area contributed by atoms with Gasteiger partial charge in [-0.15, -0.1) is 21.5 Å². The molecular formula is C24H22N4O4S. The molecular weight excluding hydrogens is 440 g/mol. The fourth-order valence-electron chi connectivity index (χ4n) is 3.89. The summed E-state index contributed by atoms with van der Waals surface area (Å²) in [5.41, 5.74) is 0.579. The number of benzene rings is 1. The fraction of sp³-hybridized carbons (Fsp3) is 0.250. The molecule has 0 saturated carbocycles. The number of anilines is 1. The van der Waals surface area contributed by atoms with Crippen molar-refractivity contribution in [2.75, 3.05) is 37.7 Å². The van der Waals surface area contributed by atoms with Gasteiger partial charge in [0.2, 0.25) is 0 Å². The lowest BCUT2D eigenvalue weighted by molar-refractivity contribution is 0.0742. The maximum atomic E-state index is 13.1. The molecule has 1 aliphatic heterocycles. The Hall–Kier alpha value is -3.72. The van der Waals surface area contributed by atoms with Gasteiger partial charge in [-0.2, -0.15) is 0 Å². The largest absolute Gasteiger partial charge is 0.490 e. The summed E-state index contributed by atoms with van der Waals surface area (Å²) < 4.78 is 11.0. The Kier molecular flexibility index (Phi) is 5.78. The van der Waals surface area contributed by atoms with Gasteiger partial charge < -0.3 is 19.0 Å². The summed E-state index contributed by atoms with van der Waals surface area (Å²) in [6.07, 6.45) is 0. The van der Waals surface area contributed by atoms with Crippen LogP contribution < -0.4 is 15.3 Å². The first kappa shape index (κ1) is 21.1. The van der Waals surface area contributed by atoms with E-state index < -0.39 is 5.63 Å². The molecule has 0 atom stereocenters. The molecule has 8 nitrogen and oxygen atoms in total. The van der Waals surface area contributed by atoms with Crippen LogP contribution in [0.3, 0.4) is 0 Å². The highest BCUT2D eigenvalue weighted by atomic mass is 32.1. The van der Waals surface area contributed by atoms with E-state index in [-0.39, 0.29) is 11.5 Å². The van der Waals surface area contributed by atoms with E-state index in [9.17, 15) is 9.59 Å². The van der Waals surface area contributed by atoms with Crippen molar-refractivity contribution in [1.29, 1.82) is 0 Å². The van der Waals surface area contributed by atoms with Crippen LogP contribution in [-0.4, -0.2) is 53.8 Å². The van der Waals surface area contributed by atoms with Gasteiger partial charge in [-0.3, -0.25) is 4.79 Å². The first-order valence-electron chi connectivity index (χ1n) is 10.8. The normalized spacial score (nSPS) is 14.0. The Balaban J connectivity index is 1.29. The Labute approximate surface area is 194 Å². The Morgan fingerprint density at radius 3 is 2.64 bits per heavy atom. The average molecular weight is 463 g/mol. The van der Waals surface area contributed by atoms with Gasteiger partial charge in [0.05, 0.1) is 11.5 Å². The maximum Gasteiger partial charge on any atom is 0.349 e. The third kappa shape index (κ3) is 4.19. The van der Waals surface area contributed by atoms with Gasteiger partial charge >= 0.3 is 5.63 Å². The highest BCUT2D eigenvalue weighted by Crippen LogP contribution is 2.26. The minimum Gasteiger partial charge on any atom is -0.490 e. The van der Waals surface area contributed by atoms with Gasteiger partial charge in [0.25, 0.3) is 5.91 Å². The number of carbonyl (C=O) groups excluding carboxylic acids is 1. The smallest absolute Gasteiger partial charge is 0.349 e. The summed E-state index contributed by atoms with van der Waals surface area (Å²) in [5, 5.41) is 11.4. The van der Waals surface area contributed by atoms with Gasteiger partial charge in [-0.1, -0.05) is 18.2 Å². The molecule has 0 radical (unpaired) electrons. The molecule has 1 fully saturated rings. The van der Waals surface area contributed by atoms with Crippen molar-refractivity contribution < 1.29 is 13.9 Å². The van der Waals surface area contributed by atoms with Crippen LogP contribution in [-0.2, 0) is 0 Å². The summed E-state index contributed by atoms with van der Waals surface area (Å²) in [6, 6.07) is 14.9. The lowest BCUT2D eigenvalue weighted by atomic mass is 10.1. The van der Waals surface area contributed by atoms with Crippen LogP contribution in [0.15, 0.2) is 63.1 Å². The van der Waals surface area contributed by atoms with Gasteiger partial charge in [0.1, 0.15) is 11.3 Å². The molecule has 0 bridgehead atoms. The van der Waals surface area contributed by atoms with Gasteiger partial charge in [-0.25, -0.2) is 4.79 Å². The fourth-order valence-corrected chi connectivity index (χ4v) is 4.59. The molecule has 1 amide bonds. The number of ether oxygens (including phenoxy) is 1. The summed E-state index contributed by atoms with van der Waals surface area (Å²) in [7, 11) is 0. The van der Waals surface area contributed by atoms with Crippen LogP contribution in [0.25, 0.3) is 21.5 Å². The Morgan fingerprint density at radius 2 is 1.94 bits per heavy atom. The summed E-state index contributed by atoms with van der Waals surface area (Å²) in [5.74, 6) is 0.938. The number of piperazine rings is 1. The maximum absolute atomic E-state index is 13.1. The SMILES string of the molecule is CCOc1cccc2cc(C(=O)N3CCN(c4ccc(-c5cccs5)nn4)CC3)c(=O)oc12. The number of nitrogens with zero attached hydrogens (tertiary/aromatic N) is 4. The van der Waals surface area contributed by atoms with E-state index in [0.717, 1.165) is 16.4 Å². The van der Waals surface area contributed by atoms with Crippen LogP contribution in [0.1, 0.15) is 17.3 Å². The molecule has 4 heterocycles. The second-order valence-corrected chi connectivity index (χ2v) is 8.54. The van der Waals surface area contributed by atoms with Gasteiger partial charge in [0, 0.05) is 31.6 Å². The molecule has 5 rings (SSSR count). The van der Waals surface area contributed by atoms with E-state index >= 15 is 0 Å². The van der Waals surface area contributed by atoms with Crippen molar-refractivity contribution in [2.45, 2.75) is 6.92 Å². The highest BCUT2D eigenvalue weighted by molar-refractivity contribution is 7.13. The Bertz CT molecular complexity index is 1330. The van der Waals surface area contributed by atoms with Crippen molar-refractivity contribution in [2.24, 2.45) is 0 Å². The number of rotatable bonds is 5. The second-order valence-electron chi connectivity index (χ2n) is 7.59. The number of thiophene rings is 1. The predicted octanol–water partition coefficient (Wildman–Crippen LogP) is 3.67. The minimum absolute atomic E-state index is 0.0321. The second kappa shape index (κ2) is 9.03. The zero-order valence-electron chi connectivity index (χ0n) is 18.1. The summed E-state index contributed by atoms with van der Waals surface area (Å²) >= 11 is 1.62. The Morgan fingerprint density at radius 1 is 1.09 bits per heavy atom. The van der Waals surface area contributed by atoms with E-state index in [2.05, 4.69) is 15.1 Å². The zero-order valence-corrected chi connectivity index (χ0v) is 18.9. The number of hydrogen-bond acceptors (Lipinski definition) is 8. The number of carbonyl (C=O) groups is 1. The van der Waals surface area contributed by atoms with E-state index in [4.69, 9.17) is 9.15 Å². The molecule has 0 N–H and O–H groups in total. The predicted molar refractivity (Wildman–Crippen MR) is 127 cm³/mol. The van der Waals surface area contributed by atoms with Crippen LogP contribution >= 0.6 is 11.3 Å². The first-order chi connectivity index (χ1) is 16.1. The minimum atomic E-state index is -0.655. The summed E-state index contributed by atoms with van der Waals surface area (Å²) in [6.45, 7) is 4.47. The molecule has 0 unspecified atom stereocenters. The molecule has 1 saturated heterocycles. The molecule has 1 aromatic carbocycles. The molecule has 1 aliphatic rings. The average Bonchev–Trinajstić information content (AvgIpc) is 3.39. The molecule has 9 heteroatoms. The monoisotopic (exact) mass is 462 g/mol. The molecule has 4 aromatic rings. The third-order valence-electron chi connectivity index (χ3n) is 5.57. The lowest BCUT2D eigenvalue weighted by Gasteiger charge is -2.35. The quantitative estimate of drug-likeness (QED) is 0.418. The summed E-state index contributed by atoms with van der Waals surface area (Å²) in [4.78, 5) is 30.5. The van der Waals surface area contributed by atoms with Crippen LogP contribution in [0.4, 0.5) is 5.82 Å². The molecule has 0 aliphatic carbocycles. The molecule has 33 heavy (non-hydrogen) atoms. The molecule has 0 spiro atoms. The van der Waals surface area contributed by atoms with Crippen LogP contribution in [0, 0.1) is 0 Å². The number of para-hydroxylation sites is 1. The highest BCUT2D eigenvalue weighted by Gasteiger charge is 2.26. The zero-order chi connectivity index (χ0) is 22.8. The number of fused-ring (bicyclic) bond motifs is 1.